The molecule has 0 unspecified atom stereocenters. The summed E-state index contributed by atoms with van der Waals surface area (Å²) in [6, 6.07) is 14.3. The highest BCUT2D eigenvalue weighted by Gasteiger charge is 2.39. The van der Waals surface area contributed by atoms with E-state index in [-0.39, 0.29) is 18.2 Å². The zero-order valence-corrected chi connectivity index (χ0v) is 14.9. The molecule has 136 valence electrons. The fourth-order valence-electron chi connectivity index (χ4n) is 3.29. The Hall–Kier alpha value is -3.41. The standard InChI is InChI=1S/C21H19N3O3/c1-14-6-8-15(9-7-14)24-18(20-17(21(24)26)5-2-10-22-20)12-19(25)23-13-16-4-3-11-27-16/h2-11,18H,12-13H2,1H3,(H,23,25)/t18-/m0/s1. The molecule has 2 aromatic heterocycles. The van der Waals surface area contributed by atoms with Crippen molar-refractivity contribution in [2.75, 3.05) is 4.90 Å². The number of hydrogen-bond acceptors (Lipinski definition) is 4. The molecule has 27 heavy (non-hydrogen) atoms. The van der Waals surface area contributed by atoms with Crippen molar-refractivity contribution in [3.63, 3.8) is 0 Å². The van der Waals surface area contributed by atoms with Gasteiger partial charge in [-0.25, -0.2) is 0 Å². The van der Waals surface area contributed by atoms with Gasteiger partial charge in [0.05, 0.1) is 36.5 Å². The molecule has 1 aliphatic heterocycles. The molecule has 4 rings (SSSR count). The van der Waals surface area contributed by atoms with Gasteiger partial charge in [-0.3, -0.25) is 19.5 Å². The van der Waals surface area contributed by atoms with Crippen LogP contribution in [0.1, 0.15) is 39.8 Å². The number of nitrogens with zero attached hydrogens (tertiary/aromatic N) is 2. The van der Waals surface area contributed by atoms with E-state index in [0.717, 1.165) is 11.3 Å². The van der Waals surface area contributed by atoms with Crippen LogP contribution in [0.25, 0.3) is 0 Å². The molecule has 6 heteroatoms. The largest absolute Gasteiger partial charge is 0.467 e. The smallest absolute Gasteiger partial charge is 0.260 e. The summed E-state index contributed by atoms with van der Waals surface area (Å²) in [5.74, 6) is 0.380. The second-order valence-electron chi connectivity index (χ2n) is 6.52. The number of fused-ring (bicyclic) bond motifs is 1. The minimum atomic E-state index is -0.437. The number of hydrogen-bond donors (Lipinski definition) is 1. The Labute approximate surface area is 156 Å². The summed E-state index contributed by atoms with van der Waals surface area (Å²) in [5, 5.41) is 2.84. The van der Waals surface area contributed by atoms with Crippen molar-refractivity contribution in [1.82, 2.24) is 10.3 Å². The predicted molar refractivity (Wildman–Crippen MR) is 100 cm³/mol. The first-order chi connectivity index (χ1) is 13.1. The molecule has 0 fully saturated rings. The van der Waals surface area contributed by atoms with Gasteiger partial charge in [-0.05, 0) is 43.3 Å². The zero-order valence-electron chi connectivity index (χ0n) is 14.9. The SMILES string of the molecule is Cc1ccc(N2C(=O)c3cccnc3[C@@H]2CC(=O)NCc2ccco2)cc1. The quantitative estimate of drug-likeness (QED) is 0.756. The van der Waals surface area contributed by atoms with Gasteiger partial charge in [-0.15, -0.1) is 0 Å². The van der Waals surface area contributed by atoms with Crippen molar-refractivity contribution in [3.8, 4) is 0 Å². The van der Waals surface area contributed by atoms with Gasteiger partial charge in [-0.1, -0.05) is 17.7 Å². The maximum Gasteiger partial charge on any atom is 0.260 e. The van der Waals surface area contributed by atoms with Crippen LogP contribution in [0.4, 0.5) is 5.69 Å². The second-order valence-corrected chi connectivity index (χ2v) is 6.52. The Morgan fingerprint density at radius 3 is 2.74 bits per heavy atom. The lowest BCUT2D eigenvalue weighted by atomic mass is 10.1. The number of pyridine rings is 1. The number of carbonyl (C=O) groups excluding carboxylic acids is 2. The van der Waals surface area contributed by atoms with E-state index in [1.54, 1.807) is 41.6 Å². The number of aryl methyl sites for hydroxylation is 1. The molecular formula is C21H19N3O3. The topological polar surface area (TPSA) is 75.4 Å². The van der Waals surface area contributed by atoms with Crippen LogP contribution in [0.3, 0.4) is 0 Å². The number of benzene rings is 1. The first kappa shape index (κ1) is 17.0. The van der Waals surface area contributed by atoms with Crippen molar-refractivity contribution in [1.29, 1.82) is 0 Å². The monoisotopic (exact) mass is 361 g/mol. The van der Waals surface area contributed by atoms with E-state index in [1.807, 2.05) is 31.2 Å². The minimum Gasteiger partial charge on any atom is -0.467 e. The number of furan rings is 1. The third kappa shape index (κ3) is 3.33. The molecule has 0 saturated heterocycles. The first-order valence-electron chi connectivity index (χ1n) is 8.77. The summed E-state index contributed by atoms with van der Waals surface area (Å²) in [4.78, 5) is 31.5. The molecule has 1 aromatic carbocycles. The Bertz CT molecular complexity index is 965. The van der Waals surface area contributed by atoms with E-state index in [9.17, 15) is 9.59 Å². The molecule has 0 bridgehead atoms. The van der Waals surface area contributed by atoms with Crippen molar-refractivity contribution in [3.05, 3.63) is 83.6 Å². The molecule has 0 aliphatic carbocycles. The fraction of sp³-hybridized carbons (Fsp3) is 0.190. The zero-order chi connectivity index (χ0) is 18.8. The molecule has 1 aliphatic rings. The molecule has 1 atom stereocenters. The van der Waals surface area contributed by atoms with Crippen molar-refractivity contribution < 1.29 is 14.0 Å². The van der Waals surface area contributed by atoms with E-state index in [2.05, 4.69) is 10.3 Å². The van der Waals surface area contributed by atoms with E-state index in [0.29, 0.717) is 23.6 Å². The lowest BCUT2D eigenvalue weighted by Gasteiger charge is -2.24. The molecule has 3 heterocycles. The highest BCUT2D eigenvalue weighted by atomic mass is 16.3. The average molecular weight is 361 g/mol. The Kier molecular flexibility index (Phi) is 4.46. The van der Waals surface area contributed by atoms with Gasteiger partial charge in [0.15, 0.2) is 0 Å². The predicted octanol–water partition coefficient (Wildman–Crippen LogP) is 3.39. The van der Waals surface area contributed by atoms with Gasteiger partial charge in [0.25, 0.3) is 5.91 Å². The van der Waals surface area contributed by atoms with Crippen LogP contribution in [0.2, 0.25) is 0 Å². The number of anilines is 1. The summed E-state index contributed by atoms with van der Waals surface area (Å²) in [5.41, 5.74) is 3.04. The molecule has 6 nitrogen and oxygen atoms in total. The number of amides is 2. The van der Waals surface area contributed by atoms with Crippen LogP contribution in [-0.4, -0.2) is 16.8 Å². The van der Waals surface area contributed by atoms with Gasteiger partial charge in [0.1, 0.15) is 5.76 Å². The number of rotatable bonds is 5. The van der Waals surface area contributed by atoms with Crippen LogP contribution in [-0.2, 0) is 11.3 Å². The van der Waals surface area contributed by atoms with Gasteiger partial charge < -0.3 is 9.73 Å². The van der Waals surface area contributed by atoms with E-state index >= 15 is 0 Å². The summed E-state index contributed by atoms with van der Waals surface area (Å²) < 4.78 is 5.24. The second kappa shape index (κ2) is 7.07. The maximum atomic E-state index is 13.0. The van der Waals surface area contributed by atoms with Crippen LogP contribution in [0, 0.1) is 6.92 Å². The van der Waals surface area contributed by atoms with Crippen LogP contribution in [0.5, 0.6) is 0 Å². The normalized spacial score (nSPS) is 15.7. The summed E-state index contributed by atoms with van der Waals surface area (Å²) >= 11 is 0. The number of aromatic nitrogens is 1. The minimum absolute atomic E-state index is 0.129. The third-order valence-electron chi connectivity index (χ3n) is 4.65. The van der Waals surface area contributed by atoms with Crippen molar-refractivity contribution in [2.24, 2.45) is 0 Å². The molecule has 0 radical (unpaired) electrons. The number of carbonyl (C=O) groups is 2. The van der Waals surface area contributed by atoms with Gasteiger partial charge in [-0.2, -0.15) is 0 Å². The molecular weight excluding hydrogens is 342 g/mol. The molecule has 0 spiro atoms. The summed E-state index contributed by atoms with van der Waals surface area (Å²) in [6.45, 7) is 2.30. The van der Waals surface area contributed by atoms with Crippen molar-refractivity contribution in [2.45, 2.75) is 25.9 Å². The van der Waals surface area contributed by atoms with Gasteiger partial charge in [0.2, 0.25) is 5.91 Å². The molecule has 0 saturated carbocycles. The Morgan fingerprint density at radius 2 is 2.00 bits per heavy atom. The van der Waals surface area contributed by atoms with E-state index < -0.39 is 6.04 Å². The Morgan fingerprint density at radius 1 is 1.19 bits per heavy atom. The van der Waals surface area contributed by atoms with Crippen LogP contribution < -0.4 is 10.2 Å². The fourth-order valence-corrected chi connectivity index (χ4v) is 3.29. The summed E-state index contributed by atoms with van der Waals surface area (Å²) in [7, 11) is 0. The average Bonchev–Trinajstić information content (AvgIpc) is 3.29. The Balaban J connectivity index is 1.59. The van der Waals surface area contributed by atoms with Crippen molar-refractivity contribution >= 4 is 17.5 Å². The lowest BCUT2D eigenvalue weighted by molar-refractivity contribution is -0.121. The highest BCUT2D eigenvalue weighted by molar-refractivity contribution is 6.11. The summed E-state index contributed by atoms with van der Waals surface area (Å²) in [6.07, 6.45) is 3.35. The van der Waals surface area contributed by atoms with Gasteiger partial charge in [0, 0.05) is 11.9 Å². The van der Waals surface area contributed by atoms with Crippen LogP contribution >= 0.6 is 0 Å². The maximum absolute atomic E-state index is 13.0. The number of nitrogens with one attached hydrogen (secondary N) is 1. The highest BCUT2D eigenvalue weighted by Crippen LogP contribution is 2.38. The molecule has 3 aromatic rings. The van der Waals surface area contributed by atoms with E-state index in [4.69, 9.17) is 4.42 Å². The molecule has 1 N–H and O–H groups in total. The molecule has 2 amide bonds. The third-order valence-corrected chi connectivity index (χ3v) is 4.65. The van der Waals surface area contributed by atoms with E-state index in [1.165, 1.54) is 0 Å². The van der Waals surface area contributed by atoms with Crippen LogP contribution in [0.15, 0.2) is 65.4 Å². The lowest BCUT2D eigenvalue weighted by Crippen LogP contribution is -2.32. The van der Waals surface area contributed by atoms with Gasteiger partial charge >= 0.3 is 0 Å². The first-order valence-corrected chi connectivity index (χ1v) is 8.77.